The highest BCUT2D eigenvalue weighted by Gasteiger charge is 2.30. The predicted octanol–water partition coefficient (Wildman–Crippen LogP) is 5.74. The fraction of sp³-hybridized carbons (Fsp3) is 0.267. The first-order valence-corrected chi connectivity index (χ1v) is 12.8. The van der Waals surface area contributed by atoms with Crippen molar-refractivity contribution in [2.24, 2.45) is 0 Å². The van der Waals surface area contributed by atoms with Crippen LogP contribution in [-0.2, 0) is 22.1 Å². The number of amides is 1. The number of nitrogens with zero attached hydrogens (tertiary/aromatic N) is 3. The Bertz CT molecular complexity index is 1410. The number of benzene rings is 3. The molecule has 0 spiro atoms. The van der Waals surface area contributed by atoms with Crippen molar-refractivity contribution in [1.82, 2.24) is 15.1 Å². The summed E-state index contributed by atoms with van der Waals surface area (Å²) in [7, 11) is 1.61. The van der Waals surface area contributed by atoms with Gasteiger partial charge >= 0.3 is 6.18 Å². The first kappa shape index (κ1) is 26.5. The maximum atomic E-state index is 12.9. The topological polar surface area (TPSA) is 59.4 Å². The van der Waals surface area contributed by atoms with Gasteiger partial charge in [0.1, 0.15) is 0 Å². The predicted molar refractivity (Wildman–Crippen MR) is 145 cm³/mol. The number of morpholine rings is 1. The largest absolute Gasteiger partial charge is 0.416 e. The summed E-state index contributed by atoms with van der Waals surface area (Å²) in [5.74, 6) is -0.0538. The van der Waals surface area contributed by atoms with Crippen LogP contribution in [0.15, 0.2) is 78.9 Å². The van der Waals surface area contributed by atoms with Gasteiger partial charge in [-0.15, -0.1) is 0 Å². The lowest BCUT2D eigenvalue weighted by molar-refractivity contribution is -0.137. The van der Waals surface area contributed by atoms with Crippen molar-refractivity contribution in [3.8, 4) is 28.1 Å². The second-order valence-corrected chi connectivity index (χ2v) is 9.37. The number of alkyl halides is 3. The van der Waals surface area contributed by atoms with E-state index >= 15 is 0 Å². The Morgan fingerprint density at radius 1 is 0.872 bits per heavy atom. The Balaban J connectivity index is 1.44. The molecule has 1 aromatic heterocycles. The summed E-state index contributed by atoms with van der Waals surface area (Å²) >= 11 is 0. The molecule has 1 aliphatic rings. The second kappa shape index (κ2) is 11.3. The third kappa shape index (κ3) is 6.15. The standard InChI is InChI=1S/C30H29F3N4O2/c1-34-29(38)15-10-25-20-28(37(35-25)27-13-11-26(12-14-27)36-16-18-39-19-17-36)23-4-2-21(3-5-23)22-6-8-24(9-7-22)30(31,32)33/h2-9,11-14,20H,10,15-19H2,1H3,(H,34,38). The summed E-state index contributed by atoms with van der Waals surface area (Å²) in [5.41, 5.74) is 5.41. The van der Waals surface area contributed by atoms with E-state index in [-0.39, 0.29) is 5.91 Å². The summed E-state index contributed by atoms with van der Waals surface area (Å²) in [5, 5.41) is 7.46. The van der Waals surface area contributed by atoms with Crippen molar-refractivity contribution < 1.29 is 22.7 Å². The van der Waals surface area contributed by atoms with Gasteiger partial charge in [0.2, 0.25) is 5.91 Å². The van der Waals surface area contributed by atoms with Gasteiger partial charge in [-0.05, 0) is 53.6 Å². The van der Waals surface area contributed by atoms with Gasteiger partial charge in [0.05, 0.1) is 35.9 Å². The number of aryl methyl sites for hydroxylation is 1. The molecule has 2 heterocycles. The number of carbonyl (C=O) groups excluding carboxylic acids is 1. The van der Waals surface area contributed by atoms with Crippen LogP contribution in [0.5, 0.6) is 0 Å². The van der Waals surface area contributed by atoms with Gasteiger partial charge in [-0.25, -0.2) is 4.68 Å². The average Bonchev–Trinajstić information content (AvgIpc) is 3.40. The number of ether oxygens (including phenoxy) is 1. The molecule has 0 atom stereocenters. The molecule has 0 bridgehead atoms. The Morgan fingerprint density at radius 2 is 1.44 bits per heavy atom. The maximum Gasteiger partial charge on any atom is 0.416 e. The molecular formula is C30H29F3N4O2. The number of rotatable bonds is 7. The smallest absolute Gasteiger partial charge is 0.378 e. The van der Waals surface area contributed by atoms with Crippen molar-refractivity contribution in [2.75, 3.05) is 38.3 Å². The molecule has 6 nitrogen and oxygen atoms in total. The normalized spacial score (nSPS) is 13.9. The van der Waals surface area contributed by atoms with Crippen molar-refractivity contribution in [1.29, 1.82) is 0 Å². The average molecular weight is 535 g/mol. The van der Waals surface area contributed by atoms with E-state index in [1.807, 2.05) is 47.1 Å². The number of halogens is 3. The number of carbonyl (C=O) groups is 1. The minimum atomic E-state index is -4.36. The van der Waals surface area contributed by atoms with Crippen molar-refractivity contribution in [2.45, 2.75) is 19.0 Å². The number of aromatic nitrogens is 2. The van der Waals surface area contributed by atoms with E-state index in [4.69, 9.17) is 9.84 Å². The van der Waals surface area contributed by atoms with Gasteiger partial charge in [0.25, 0.3) is 0 Å². The van der Waals surface area contributed by atoms with Gasteiger partial charge < -0.3 is 15.0 Å². The van der Waals surface area contributed by atoms with Crippen LogP contribution in [0.4, 0.5) is 18.9 Å². The van der Waals surface area contributed by atoms with Crippen LogP contribution < -0.4 is 10.2 Å². The van der Waals surface area contributed by atoms with Crippen molar-refractivity contribution in [3.05, 3.63) is 90.1 Å². The molecule has 4 aromatic rings. The van der Waals surface area contributed by atoms with E-state index in [0.29, 0.717) is 31.6 Å². The first-order valence-electron chi connectivity index (χ1n) is 12.8. The summed E-state index contributed by atoms with van der Waals surface area (Å²) < 4.78 is 46.1. The number of hydrogen-bond donors (Lipinski definition) is 1. The molecule has 0 aliphatic carbocycles. The molecule has 0 radical (unpaired) electrons. The van der Waals surface area contributed by atoms with Crippen LogP contribution >= 0.6 is 0 Å². The van der Waals surface area contributed by atoms with Gasteiger partial charge in [-0.1, -0.05) is 36.4 Å². The lowest BCUT2D eigenvalue weighted by Gasteiger charge is -2.28. The minimum Gasteiger partial charge on any atom is -0.378 e. The van der Waals surface area contributed by atoms with Crippen LogP contribution in [0.25, 0.3) is 28.1 Å². The second-order valence-electron chi connectivity index (χ2n) is 9.37. The molecule has 9 heteroatoms. The molecule has 39 heavy (non-hydrogen) atoms. The third-order valence-corrected chi connectivity index (χ3v) is 6.84. The van der Waals surface area contributed by atoms with Gasteiger partial charge in [-0.3, -0.25) is 4.79 Å². The van der Waals surface area contributed by atoms with E-state index in [1.54, 1.807) is 7.05 Å². The van der Waals surface area contributed by atoms with E-state index in [1.165, 1.54) is 12.1 Å². The Hall–Kier alpha value is -4.11. The van der Waals surface area contributed by atoms with E-state index in [2.05, 4.69) is 22.3 Å². The maximum absolute atomic E-state index is 12.9. The molecule has 1 amide bonds. The number of hydrogen-bond acceptors (Lipinski definition) is 4. The van der Waals surface area contributed by atoms with Crippen LogP contribution in [0.1, 0.15) is 17.7 Å². The summed E-state index contributed by atoms with van der Waals surface area (Å²) in [6.07, 6.45) is -3.54. The van der Waals surface area contributed by atoms with Gasteiger partial charge in [0.15, 0.2) is 0 Å². The lowest BCUT2D eigenvalue weighted by Crippen LogP contribution is -2.36. The fourth-order valence-electron chi connectivity index (χ4n) is 4.63. The minimum absolute atomic E-state index is 0.0538. The van der Waals surface area contributed by atoms with Crippen molar-refractivity contribution >= 4 is 11.6 Å². The summed E-state index contributed by atoms with van der Waals surface area (Å²) in [6, 6.07) is 23.0. The zero-order chi connectivity index (χ0) is 27.4. The SMILES string of the molecule is CNC(=O)CCc1cc(-c2ccc(-c3ccc(C(F)(F)F)cc3)cc2)n(-c2ccc(N3CCOCC3)cc2)n1. The Labute approximate surface area is 225 Å². The fourth-order valence-corrected chi connectivity index (χ4v) is 4.63. The monoisotopic (exact) mass is 534 g/mol. The lowest BCUT2D eigenvalue weighted by atomic mass is 10.0. The van der Waals surface area contributed by atoms with E-state index in [0.717, 1.165) is 59.1 Å². The van der Waals surface area contributed by atoms with Crippen LogP contribution in [-0.4, -0.2) is 49.0 Å². The van der Waals surface area contributed by atoms with Crippen LogP contribution in [0.2, 0.25) is 0 Å². The zero-order valence-corrected chi connectivity index (χ0v) is 21.5. The molecule has 1 aliphatic heterocycles. The highest BCUT2D eigenvalue weighted by molar-refractivity contribution is 5.76. The van der Waals surface area contributed by atoms with Crippen LogP contribution in [0, 0.1) is 0 Å². The molecular weight excluding hydrogens is 505 g/mol. The first-order chi connectivity index (χ1) is 18.8. The molecule has 202 valence electrons. The van der Waals surface area contributed by atoms with Crippen LogP contribution in [0.3, 0.4) is 0 Å². The van der Waals surface area contributed by atoms with E-state index < -0.39 is 11.7 Å². The third-order valence-electron chi connectivity index (χ3n) is 6.84. The highest BCUT2D eigenvalue weighted by Crippen LogP contribution is 2.32. The van der Waals surface area contributed by atoms with Crippen molar-refractivity contribution in [3.63, 3.8) is 0 Å². The molecule has 3 aromatic carbocycles. The number of anilines is 1. The number of nitrogens with one attached hydrogen (secondary N) is 1. The molecule has 1 fully saturated rings. The molecule has 0 saturated carbocycles. The highest BCUT2D eigenvalue weighted by atomic mass is 19.4. The Morgan fingerprint density at radius 3 is 2.03 bits per heavy atom. The molecule has 5 rings (SSSR count). The molecule has 1 N–H and O–H groups in total. The van der Waals surface area contributed by atoms with Gasteiger partial charge in [-0.2, -0.15) is 18.3 Å². The summed E-state index contributed by atoms with van der Waals surface area (Å²) in [4.78, 5) is 14.1. The summed E-state index contributed by atoms with van der Waals surface area (Å²) in [6.45, 7) is 3.12. The van der Waals surface area contributed by atoms with E-state index in [9.17, 15) is 18.0 Å². The van der Waals surface area contributed by atoms with Gasteiger partial charge in [0, 0.05) is 44.2 Å². The quantitative estimate of drug-likeness (QED) is 0.329. The Kier molecular flexibility index (Phi) is 7.70. The zero-order valence-electron chi connectivity index (χ0n) is 21.5. The molecule has 1 saturated heterocycles. The molecule has 0 unspecified atom stereocenters.